The minimum atomic E-state index is 0.475. The van der Waals surface area contributed by atoms with E-state index in [1.807, 2.05) is 0 Å². The topological polar surface area (TPSA) is 12.0 Å². The van der Waals surface area contributed by atoms with Gasteiger partial charge in [-0.2, -0.15) is 0 Å². The van der Waals surface area contributed by atoms with Crippen LogP contribution < -0.4 is 5.32 Å². The first-order valence-electron chi connectivity index (χ1n) is 6.06. The van der Waals surface area contributed by atoms with E-state index in [0.29, 0.717) is 11.5 Å². The van der Waals surface area contributed by atoms with Gasteiger partial charge in [0, 0.05) is 16.2 Å². The minimum absolute atomic E-state index is 0.475. The average molecular weight is 329 g/mol. The molecule has 1 aromatic rings. The zero-order valence-corrected chi connectivity index (χ0v) is 12.3. The summed E-state index contributed by atoms with van der Waals surface area (Å²) in [5.74, 6) is 0. The summed E-state index contributed by atoms with van der Waals surface area (Å²) >= 11 is 2.35. The molecule has 2 rings (SSSR count). The lowest BCUT2D eigenvalue weighted by Gasteiger charge is -2.28. The second-order valence-corrected chi connectivity index (χ2v) is 6.69. The van der Waals surface area contributed by atoms with E-state index in [4.69, 9.17) is 0 Å². The monoisotopic (exact) mass is 329 g/mol. The molecular formula is C14H20IN. The van der Waals surface area contributed by atoms with E-state index in [0.717, 1.165) is 6.54 Å². The molecule has 0 radical (unpaired) electrons. The Hall–Kier alpha value is -0.0900. The Morgan fingerprint density at radius 2 is 2.00 bits per heavy atom. The van der Waals surface area contributed by atoms with Crippen molar-refractivity contribution in [2.45, 2.75) is 45.7 Å². The zero-order valence-electron chi connectivity index (χ0n) is 10.1. The van der Waals surface area contributed by atoms with Gasteiger partial charge in [0.2, 0.25) is 0 Å². The molecule has 1 aromatic carbocycles. The fraction of sp³-hybridized carbons (Fsp3) is 0.571. The standard InChI is InChI=1S/C14H20IN/c1-14(2)9-3-4-13(14)16-10-11-5-7-12(15)8-6-11/h5-8,13,16H,3-4,9-10H2,1-2H3. The molecule has 0 saturated heterocycles. The Morgan fingerprint density at radius 1 is 1.31 bits per heavy atom. The second-order valence-electron chi connectivity index (χ2n) is 5.44. The Bertz CT molecular complexity index is 342. The molecule has 0 amide bonds. The van der Waals surface area contributed by atoms with E-state index in [9.17, 15) is 0 Å². The number of rotatable bonds is 3. The molecule has 88 valence electrons. The van der Waals surface area contributed by atoms with E-state index in [-0.39, 0.29) is 0 Å². The van der Waals surface area contributed by atoms with E-state index in [2.05, 4.69) is 66.0 Å². The van der Waals surface area contributed by atoms with Gasteiger partial charge in [0.1, 0.15) is 0 Å². The molecule has 1 aliphatic carbocycles. The summed E-state index contributed by atoms with van der Waals surface area (Å²) in [6.45, 7) is 5.77. The third-order valence-electron chi connectivity index (χ3n) is 3.72. The van der Waals surface area contributed by atoms with Crippen LogP contribution in [0.1, 0.15) is 38.7 Å². The molecule has 1 unspecified atom stereocenters. The highest BCUT2D eigenvalue weighted by Gasteiger charge is 2.33. The molecule has 0 heterocycles. The lowest BCUT2D eigenvalue weighted by atomic mass is 9.87. The van der Waals surface area contributed by atoms with Crippen molar-refractivity contribution in [3.8, 4) is 0 Å². The summed E-state index contributed by atoms with van der Waals surface area (Å²) < 4.78 is 1.31. The normalized spacial score (nSPS) is 23.6. The van der Waals surface area contributed by atoms with Gasteiger partial charge in [-0.15, -0.1) is 0 Å². The fourth-order valence-corrected chi connectivity index (χ4v) is 2.91. The van der Waals surface area contributed by atoms with Crippen molar-refractivity contribution in [2.24, 2.45) is 5.41 Å². The second kappa shape index (κ2) is 5.05. The Balaban J connectivity index is 1.90. The summed E-state index contributed by atoms with van der Waals surface area (Å²) in [7, 11) is 0. The highest BCUT2D eigenvalue weighted by Crippen LogP contribution is 2.37. The molecule has 1 saturated carbocycles. The third kappa shape index (κ3) is 2.98. The van der Waals surface area contributed by atoms with Crippen LogP contribution >= 0.6 is 22.6 Å². The van der Waals surface area contributed by atoms with Crippen LogP contribution in [0.5, 0.6) is 0 Å². The molecule has 1 fully saturated rings. The van der Waals surface area contributed by atoms with Crippen molar-refractivity contribution in [3.63, 3.8) is 0 Å². The predicted octanol–water partition coefficient (Wildman–Crippen LogP) is 3.96. The molecule has 0 aromatic heterocycles. The van der Waals surface area contributed by atoms with Gasteiger partial charge in [0.05, 0.1) is 0 Å². The molecule has 1 aliphatic rings. The molecule has 0 bridgehead atoms. The van der Waals surface area contributed by atoms with Gasteiger partial charge in [0.25, 0.3) is 0 Å². The van der Waals surface area contributed by atoms with Gasteiger partial charge in [0.15, 0.2) is 0 Å². The first-order chi connectivity index (χ1) is 7.58. The third-order valence-corrected chi connectivity index (χ3v) is 4.44. The summed E-state index contributed by atoms with van der Waals surface area (Å²) in [6.07, 6.45) is 4.06. The number of hydrogen-bond acceptors (Lipinski definition) is 1. The molecule has 2 heteroatoms. The number of benzene rings is 1. The van der Waals surface area contributed by atoms with Crippen LogP contribution in [-0.2, 0) is 6.54 Å². The lowest BCUT2D eigenvalue weighted by Crippen LogP contribution is -2.37. The molecule has 16 heavy (non-hydrogen) atoms. The molecule has 0 aliphatic heterocycles. The molecule has 0 spiro atoms. The van der Waals surface area contributed by atoms with Crippen molar-refractivity contribution in [2.75, 3.05) is 0 Å². The predicted molar refractivity (Wildman–Crippen MR) is 77.4 cm³/mol. The Labute approximate surface area is 112 Å². The van der Waals surface area contributed by atoms with E-state index < -0.39 is 0 Å². The maximum Gasteiger partial charge on any atom is 0.0208 e. The highest BCUT2D eigenvalue weighted by atomic mass is 127. The van der Waals surface area contributed by atoms with Gasteiger partial charge < -0.3 is 5.32 Å². The Morgan fingerprint density at radius 3 is 2.56 bits per heavy atom. The zero-order chi connectivity index (χ0) is 11.6. The molecular weight excluding hydrogens is 309 g/mol. The molecule has 1 atom stereocenters. The van der Waals surface area contributed by atoms with Gasteiger partial charge in [-0.05, 0) is 58.5 Å². The van der Waals surface area contributed by atoms with Crippen molar-refractivity contribution < 1.29 is 0 Å². The van der Waals surface area contributed by atoms with Crippen molar-refractivity contribution >= 4 is 22.6 Å². The van der Waals surface area contributed by atoms with Gasteiger partial charge >= 0.3 is 0 Å². The number of halogens is 1. The van der Waals surface area contributed by atoms with E-state index in [1.165, 1.54) is 28.4 Å². The smallest absolute Gasteiger partial charge is 0.0208 e. The van der Waals surface area contributed by atoms with Crippen LogP contribution in [0.2, 0.25) is 0 Å². The maximum atomic E-state index is 3.71. The summed E-state index contributed by atoms with van der Waals surface area (Å²) in [5.41, 5.74) is 1.87. The van der Waals surface area contributed by atoms with E-state index in [1.54, 1.807) is 0 Å². The number of nitrogens with one attached hydrogen (secondary N) is 1. The SMILES string of the molecule is CC1(C)CCCC1NCc1ccc(I)cc1. The number of hydrogen-bond donors (Lipinski definition) is 1. The van der Waals surface area contributed by atoms with Gasteiger partial charge in [-0.25, -0.2) is 0 Å². The average Bonchev–Trinajstić information content (AvgIpc) is 2.57. The summed E-state index contributed by atoms with van der Waals surface area (Å²) in [4.78, 5) is 0. The quantitative estimate of drug-likeness (QED) is 0.828. The van der Waals surface area contributed by atoms with Gasteiger partial charge in [-0.1, -0.05) is 32.4 Å². The minimum Gasteiger partial charge on any atom is -0.309 e. The molecule has 1 nitrogen and oxygen atoms in total. The van der Waals surface area contributed by atoms with Crippen LogP contribution in [0, 0.1) is 8.99 Å². The highest BCUT2D eigenvalue weighted by molar-refractivity contribution is 14.1. The van der Waals surface area contributed by atoms with Crippen molar-refractivity contribution in [1.29, 1.82) is 0 Å². The van der Waals surface area contributed by atoms with Crippen LogP contribution in [-0.4, -0.2) is 6.04 Å². The van der Waals surface area contributed by atoms with Crippen LogP contribution in [0.15, 0.2) is 24.3 Å². The summed E-state index contributed by atoms with van der Waals surface area (Å²) in [5, 5.41) is 3.71. The van der Waals surface area contributed by atoms with Crippen LogP contribution in [0.3, 0.4) is 0 Å². The summed E-state index contributed by atoms with van der Waals surface area (Å²) in [6, 6.07) is 9.48. The van der Waals surface area contributed by atoms with Crippen molar-refractivity contribution in [3.05, 3.63) is 33.4 Å². The lowest BCUT2D eigenvalue weighted by molar-refractivity contribution is 0.282. The van der Waals surface area contributed by atoms with Crippen LogP contribution in [0.25, 0.3) is 0 Å². The Kier molecular flexibility index (Phi) is 3.90. The van der Waals surface area contributed by atoms with Crippen molar-refractivity contribution in [1.82, 2.24) is 5.32 Å². The van der Waals surface area contributed by atoms with E-state index >= 15 is 0 Å². The van der Waals surface area contributed by atoms with Gasteiger partial charge in [-0.3, -0.25) is 0 Å². The largest absolute Gasteiger partial charge is 0.309 e. The molecule has 1 N–H and O–H groups in total. The first-order valence-corrected chi connectivity index (χ1v) is 7.14. The first kappa shape index (κ1) is 12.4. The fourth-order valence-electron chi connectivity index (χ4n) is 2.55. The maximum absolute atomic E-state index is 3.71. The van der Waals surface area contributed by atoms with Crippen LogP contribution in [0.4, 0.5) is 0 Å².